The van der Waals surface area contributed by atoms with Crippen LogP contribution in [0.4, 0.5) is 5.82 Å². The van der Waals surface area contributed by atoms with Crippen LogP contribution in [0.1, 0.15) is 36.5 Å². The van der Waals surface area contributed by atoms with Crippen LogP contribution in [0.25, 0.3) is 0 Å². The van der Waals surface area contributed by atoms with Gasteiger partial charge < -0.3 is 10.1 Å². The Morgan fingerprint density at radius 1 is 1.35 bits per heavy atom. The number of hydrogen-bond donors (Lipinski definition) is 1. The summed E-state index contributed by atoms with van der Waals surface area (Å²) in [6, 6.07) is 2.48. The van der Waals surface area contributed by atoms with Gasteiger partial charge in [0.05, 0.1) is 18.5 Å². The second kappa shape index (κ2) is 6.12. The first-order valence-electron chi connectivity index (χ1n) is 8.25. The molecule has 6 nitrogen and oxygen atoms in total. The van der Waals surface area contributed by atoms with Crippen LogP contribution in [0, 0.1) is 0 Å². The van der Waals surface area contributed by atoms with Gasteiger partial charge in [0.25, 0.3) is 0 Å². The molecular weight excluding hydrogens is 290 g/mol. The van der Waals surface area contributed by atoms with Crippen molar-refractivity contribution in [3.05, 3.63) is 41.3 Å². The Morgan fingerprint density at radius 3 is 3.00 bits per heavy atom. The molecule has 0 aliphatic carbocycles. The van der Waals surface area contributed by atoms with Gasteiger partial charge in [-0.2, -0.15) is 5.10 Å². The Morgan fingerprint density at radius 2 is 2.22 bits per heavy atom. The number of ether oxygens (including phenoxy) is 1. The molecule has 0 bridgehead atoms. The van der Waals surface area contributed by atoms with E-state index in [0.29, 0.717) is 12.6 Å². The average Bonchev–Trinajstić information content (AvgIpc) is 3.22. The van der Waals surface area contributed by atoms with Gasteiger partial charge in [0.15, 0.2) is 0 Å². The highest BCUT2D eigenvalue weighted by Gasteiger charge is 2.25. The number of aromatic nitrogens is 3. The summed E-state index contributed by atoms with van der Waals surface area (Å²) in [6.45, 7) is 5.29. The van der Waals surface area contributed by atoms with Gasteiger partial charge >= 0.3 is 0 Å². The van der Waals surface area contributed by atoms with Crippen molar-refractivity contribution >= 4 is 11.5 Å². The van der Waals surface area contributed by atoms with Crippen molar-refractivity contribution in [1.82, 2.24) is 14.8 Å². The van der Waals surface area contributed by atoms with Crippen LogP contribution in [-0.2, 0) is 17.8 Å². The second-order valence-electron chi connectivity index (χ2n) is 5.97. The first kappa shape index (κ1) is 14.4. The monoisotopic (exact) mass is 311 g/mol. The van der Waals surface area contributed by atoms with E-state index >= 15 is 0 Å². The lowest BCUT2D eigenvalue weighted by molar-refractivity contribution is 0.0904. The van der Waals surface area contributed by atoms with Crippen LogP contribution >= 0.6 is 0 Å². The van der Waals surface area contributed by atoms with Gasteiger partial charge in [-0.15, -0.1) is 0 Å². The molecule has 1 N–H and O–H groups in total. The lowest BCUT2D eigenvalue weighted by Gasteiger charge is -2.24. The van der Waals surface area contributed by atoms with Gasteiger partial charge in [0.1, 0.15) is 5.82 Å². The van der Waals surface area contributed by atoms with E-state index < -0.39 is 0 Å². The zero-order valence-corrected chi connectivity index (χ0v) is 13.3. The minimum Gasteiger partial charge on any atom is -0.381 e. The maximum atomic E-state index is 5.44. The highest BCUT2D eigenvalue weighted by Crippen LogP contribution is 2.29. The van der Waals surface area contributed by atoms with Crippen molar-refractivity contribution in [2.45, 2.75) is 38.9 Å². The number of aryl methyl sites for hydroxylation is 1. The molecule has 6 heteroatoms. The predicted octanol–water partition coefficient (Wildman–Crippen LogP) is 2.24. The third kappa shape index (κ3) is 2.74. The SMILES string of the molecule is CCn1cc(C2=NCc3ccnc(NC4CCOCC4)c32)cn1. The minimum atomic E-state index is 0.419. The topological polar surface area (TPSA) is 64.3 Å². The van der Waals surface area contributed by atoms with Gasteiger partial charge in [-0.05, 0) is 31.4 Å². The maximum Gasteiger partial charge on any atom is 0.135 e. The number of anilines is 1. The van der Waals surface area contributed by atoms with E-state index in [4.69, 9.17) is 9.73 Å². The normalized spacial score (nSPS) is 17.9. The van der Waals surface area contributed by atoms with Crippen LogP contribution in [0.5, 0.6) is 0 Å². The summed E-state index contributed by atoms with van der Waals surface area (Å²) >= 11 is 0. The number of nitrogens with zero attached hydrogens (tertiary/aromatic N) is 4. The van der Waals surface area contributed by atoms with E-state index in [9.17, 15) is 0 Å². The zero-order valence-electron chi connectivity index (χ0n) is 13.3. The molecule has 0 radical (unpaired) electrons. The van der Waals surface area contributed by atoms with Crippen LogP contribution < -0.4 is 5.32 Å². The third-order valence-corrected chi connectivity index (χ3v) is 4.47. The Labute approximate surface area is 135 Å². The van der Waals surface area contributed by atoms with Gasteiger partial charge in [0.2, 0.25) is 0 Å². The van der Waals surface area contributed by atoms with E-state index in [1.165, 1.54) is 5.56 Å². The fourth-order valence-electron chi connectivity index (χ4n) is 3.18. The van der Waals surface area contributed by atoms with Crippen molar-refractivity contribution in [3.8, 4) is 0 Å². The molecule has 4 heterocycles. The van der Waals surface area contributed by atoms with Gasteiger partial charge in [-0.25, -0.2) is 4.98 Å². The summed E-state index contributed by atoms with van der Waals surface area (Å²) in [5.41, 5.74) is 4.43. The van der Waals surface area contributed by atoms with E-state index in [1.807, 2.05) is 17.1 Å². The summed E-state index contributed by atoms with van der Waals surface area (Å²) in [7, 11) is 0. The second-order valence-corrected chi connectivity index (χ2v) is 5.97. The molecular formula is C17H21N5O. The number of rotatable bonds is 4. The van der Waals surface area contributed by atoms with E-state index in [-0.39, 0.29) is 0 Å². The summed E-state index contributed by atoms with van der Waals surface area (Å²) in [6.07, 6.45) is 7.85. The van der Waals surface area contributed by atoms with Crippen molar-refractivity contribution in [2.75, 3.05) is 18.5 Å². The van der Waals surface area contributed by atoms with Gasteiger partial charge in [-0.1, -0.05) is 0 Å². The fraction of sp³-hybridized carbons (Fsp3) is 0.471. The lowest BCUT2D eigenvalue weighted by Crippen LogP contribution is -2.29. The van der Waals surface area contributed by atoms with Gasteiger partial charge in [-0.3, -0.25) is 9.67 Å². The van der Waals surface area contributed by atoms with E-state index in [0.717, 1.165) is 55.3 Å². The number of hydrogen-bond acceptors (Lipinski definition) is 5. The molecule has 120 valence electrons. The predicted molar refractivity (Wildman–Crippen MR) is 88.9 cm³/mol. The summed E-state index contributed by atoms with van der Waals surface area (Å²) in [5.74, 6) is 0.940. The first-order chi connectivity index (χ1) is 11.3. The number of aliphatic imine (C=N–C) groups is 1. The Bertz CT molecular complexity index is 730. The molecule has 2 aliphatic heterocycles. The molecule has 2 aromatic heterocycles. The third-order valence-electron chi connectivity index (χ3n) is 4.47. The molecule has 0 aromatic carbocycles. The summed E-state index contributed by atoms with van der Waals surface area (Å²) < 4.78 is 7.37. The number of pyridine rings is 1. The Balaban J connectivity index is 1.65. The molecule has 0 atom stereocenters. The molecule has 0 unspecified atom stereocenters. The van der Waals surface area contributed by atoms with Crippen LogP contribution in [-0.4, -0.2) is 39.7 Å². The first-order valence-corrected chi connectivity index (χ1v) is 8.25. The van der Waals surface area contributed by atoms with Crippen molar-refractivity contribution < 1.29 is 4.74 Å². The summed E-state index contributed by atoms with van der Waals surface area (Å²) in [4.78, 5) is 9.32. The average molecular weight is 311 g/mol. The number of nitrogens with one attached hydrogen (secondary N) is 1. The lowest BCUT2D eigenvalue weighted by atomic mass is 10.0. The van der Waals surface area contributed by atoms with Crippen LogP contribution in [0.2, 0.25) is 0 Å². The smallest absolute Gasteiger partial charge is 0.135 e. The van der Waals surface area contributed by atoms with Crippen LogP contribution in [0.3, 0.4) is 0 Å². The Hall–Kier alpha value is -2.21. The highest BCUT2D eigenvalue weighted by atomic mass is 16.5. The largest absolute Gasteiger partial charge is 0.381 e. The van der Waals surface area contributed by atoms with E-state index in [1.54, 1.807) is 0 Å². The maximum absolute atomic E-state index is 5.44. The van der Waals surface area contributed by atoms with E-state index in [2.05, 4.69) is 34.6 Å². The van der Waals surface area contributed by atoms with Crippen molar-refractivity contribution in [3.63, 3.8) is 0 Å². The van der Waals surface area contributed by atoms with Gasteiger partial charge in [0, 0.05) is 49.3 Å². The quantitative estimate of drug-likeness (QED) is 0.940. The van der Waals surface area contributed by atoms with Crippen molar-refractivity contribution in [1.29, 1.82) is 0 Å². The highest BCUT2D eigenvalue weighted by molar-refractivity contribution is 6.17. The molecule has 0 saturated carbocycles. The zero-order chi connectivity index (χ0) is 15.6. The Kier molecular flexibility index (Phi) is 3.83. The molecule has 0 spiro atoms. The molecule has 1 fully saturated rings. The summed E-state index contributed by atoms with van der Waals surface area (Å²) in [5, 5.41) is 7.98. The fourth-order valence-corrected chi connectivity index (χ4v) is 3.18. The molecule has 1 saturated heterocycles. The van der Waals surface area contributed by atoms with Crippen molar-refractivity contribution in [2.24, 2.45) is 4.99 Å². The molecule has 0 amide bonds. The molecule has 4 rings (SSSR count). The molecule has 23 heavy (non-hydrogen) atoms. The van der Waals surface area contributed by atoms with Crippen LogP contribution in [0.15, 0.2) is 29.6 Å². The standard InChI is InChI=1S/C17H21N5O/c1-2-22-11-13(10-20-22)16-15-12(9-19-16)3-6-18-17(15)21-14-4-7-23-8-5-14/h3,6,10-11,14H,2,4-5,7-9H2,1H3,(H,18,21). The molecule has 2 aliphatic rings. The minimum absolute atomic E-state index is 0.419. The number of fused-ring (bicyclic) bond motifs is 1. The molecule has 2 aromatic rings.